The fourth-order valence-corrected chi connectivity index (χ4v) is 5.56. The van der Waals surface area contributed by atoms with Crippen molar-refractivity contribution in [3.63, 3.8) is 0 Å². The number of fused-ring (bicyclic) bond motifs is 1. The van der Waals surface area contributed by atoms with Crippen LogP contribution in [0, 0.1) is 16.4 Å². The van der Waals surface area contributed by atoms with Crippen LogP contribution in [0.1, 0.15) is 28.5 Å². The van der Waals surface area contributed by atoms with Gasteiger partial charge in [-0.1, -0.05) is 24.3 Å². The third-order valence-electron chi connectivity index (χ3n) is 5.38. The van der Waals surface area contributed by atoms with Crippen LogP contribution in [0.25, 0.3) is 10.8 Å². The van der Waals surface area contributed by atoms with Gasteiger partial charge in [-0.25, -0.2) is 31.9 Å². The Balaban J connectivity index is 1.83. The molecule has 7 nitrogen and oxygen atoms in total. The van der Waals surface area contributed by atoms with Crippen molar-refractivity contribution in [2.45, 2.75) is 25.3 Å². The number of carbonyl (C=O) groups is 1. The van der Waals surface area contributed by atoms with Gasteiger partial charge in [0.15, 0.2) is 5.82 Å². The molecule has 0 aliphatic carbocycles. The van der Waals surface area contributed by atoms with Gasteiger partial charge in [0.2, 0.25) is 0 Å². The zero-order chi connectivity index (χ0) is 25.2. The normalized spacial score (nSPS) is 11.4. The van der Waals surface area contributed by atoms with Crippen molar-refractivity contribution in [1.29, 1.82) is 0 Å². The van der Waals surface area contributed by atoms with Crippen LogP contribution in [0.3, 0.4) is 0 Å². The largest absolute Gasteiger partial charge is 0.462 e. The second kappa shape index (κ2) is 10.2. The lowest BCUT2D eigenvalue weighted by Gasteiger charge is -2.25. The topological polar surface area (TPSA) is 89.5 Å². The van der Waals surface area contributed by atoms with Crippen LogP contribution in [0.2, 0.25) is 0 Å². The maximum Gasteiger partial charge on any atom is 0.338 e. The van der Waals surface area contributed by atoms with Gasteiger partial charge < -0.3 is 4.74 Å². The van der Waals surface area contributed by atoms with E-state index in [4.69, 9.17) is 4.74 Å². The lowest BCUT2D eigenvalue weighted by atomic mass is 10.1. The molecule has 4 rings (SSSR count). The van der Waals surface area contributed by atoms with Gasteiger partial charge in [0.1, 0.15) is 9.52 Å². The summed E-state index contributed by atoms with van der Waals surface area (Å²) >= 11 is 1.76. The quantitative estimate of drug-likeness (QED) is 0.162. The van der Waals surface area contributed by atoms with Crippen LogP contribution in [0.5, 0.6) is 0 Å². The number of hydrogen-bond acceptors (Lipinski definition) is 6. The minimum absolute atomic E-state index is 0.0308. The van der Waals surface area contributed by atoms with Crippen LogP contribution in [0.15, 0.2) is 71.8 Å². The minimum atomic E-state index is -4.14. The molecule has 10 heteroatoms. The number of pyridine rings is 2. The van der Waals surface area contributed by atoms with E-state index < -0.39 is 21.8 Å². The molecule has 0 unspecified atom stereocenters. The SMILES string of the molecule is CCOC(=O)c1ccc(S(=O)(=O)N(Cc2ccc(F)c(I)n2)c2ncc3ccccc3c2C)cc1. The van der Waals surface area contributed by atoms with Crippen LogP contribution in [0.4, 0.5) is 10.2 Å². The Kier molecular flexibility index (Phi) is 7.31. The first kappa shape index (κ1) is 25.0. The Morgan fingerprint density at radius 1 is 1.09 bits per heavy atom. The molecule has 0 spiro atoms. The van der Waals surface area contributed by atoms with Crippen molar-refractivity contribution in [2.24, 2.45) is 0 Å². The molecule has 0 bridgehead atoms. The molecule has 0 amide bonds. The Bertz CT molecular complexity index is 1510. The summed E-state index contributed by atoms with van der Waals surface area (Å²) in [7, 11) is -4.14. The highest BCUT2D eigenvalue weighted by molar-refractivity contribution is 14.1. The Morgan fingerprint density at radius 2 is 1.80 bits per heavy atom. The molecule has 0 saturated heterocycles. The number of aryl methyl sites for hydroxylation is 1. The monoisotopic (exact) mass is 605 g/mol. The number of ether oxygens (including phenoxy) is 1. The standard InChI is InChI=1S/C25H21FIN3O4S/c1-3-34-25(31)17-8-11-20(12-9-17)35(32,33)30(15-19-10-13-22(26)23(27)29-19)24-16(2)21-7-5-4-6-18(21)14-28-24/h4-14H,3,15H2,1-2H3. The Hall–Kier alpha value is -3.12. The highest BCUT2D eigenvalue weighted by atomic mass is 127. The molecular weight excluding hydrogens is 584 g/mol. The molecule has 2 aromatic carbocycles. The molecule has 35 heavy (non-hydrogen) atoms. The van der Waals surface area contributed by atoms with Gasteiger partial charge in [0, 0.05) is 17.1 Å². The van der Waals surface area contributed by atoms with Crippen molar-refractivity contribution < 1.29 is 22.3 Å². The van der Waals surface area contributed by atoms with Gasteiger partial charge in [-0.05, 0) is 78.2 Å². The van der Waals surface area contributed by atoms with Gasteiger partial charge in [-0.15, -0.1) is 0 Å². The lowest BCUT2D eigenvalue weighted by molar-refractivity contribution is 0.0526. The van der Waals surface area contributed by atoms with E-state index in [0.717, 1.165) is 15.1 Å². The fourth-order valence-electron chi connectivity index (χ4n) is 3.62. The fraction of sp³-hybridized carbons (Fsp3) is 0.160. The molecule has 4 aromatic rings. The maximum atomic E-state index is 13.9. The summed E-state index contributed by atoms with van der Waals surface area (Å²) in [5.41, 5.74) is 1.27. The highest BCUT2D eigenvalue weighted by Crippen LogP contribution is 2.31. The van der Waals surface area contributed by atoms with Gasteiger partial charge >= 0.3 is 5.97 Å². The Morgan fingerprint density at radius 3 is 2.49 bits per heavy atom. The molecule has 2 aromatic heterocycles. The van der Waals surface area contributed by atoms with Crippen molar-refractivity contribution in [3.8, 4) is 0 Å². The number of hydrogen-bond donors (Lipinski definition) is 0. The van der Waals surface area contributed by atoms with E-state index in [1.54, 1.807) is 42.6 Å². The zero-order valence-corrected chi connectivity index (χ0v) is 21.9. The summed E-state index contributed by atoms with van der Waals surface area (Å²) in [6.45, 7) is 3.55. The first-order valence-electron chi connectivity index (χ1n) is 10.7. The summed E-state index contributed by atoms with van der Waals surface area (Å²) in [5.74, 6) is -0.789. The summed E-state index contributed by atoms with van der Waals surface area (Å²) < 4.78 is 47.8. The predicted molar refractivity (Wildman–Crippen MR) is 139 cm³/mol. The molecule has 0 fully saturated rings. The molecule has 0 saturated carbocycles. The number of nitrogens with zero attached hydrogens (tertiary/aromatic N) is 3. The number of benzene rings is 2. The van der Waals surface area contributed by atoms with Gasteiger partial charge in [-0.3, -0.25) is 0 Å². The van der Waals surface area contributed by atoms with Crippen LogP contribution in [-0.4, -0.2) is 31.0 Å². The number of aromatic nitrogens is 2. The van der Waals surface area contributed by atoms with Gasteiger partial charge in [0.25, 0.3) is 10.0 Å². The van der Waals surface area contributed by atoms with E-state index in [1.807, 2.05) is 24.3 Å². The van der Waals surface area contributed by atoms with E-state index in [2.05, 4.69) is 9.97 Å². The Labute approximate surface area is 216 Å². The molecule has 0 N–H and O–H groups in total. The number of carbonyl (C=O) groups excluding carboxylic acids is 1. The van der Waals surface area contributed by atoms with Gasteiger partial charge in [-0.2, -0.15) is 0 Å². The number of esters is 1. The second-order valence-corrected chi connectivity index (χ2v) is 10.5. The molecule has 0 atom stereocenters. The van der Waals surface area contributed by atoms with Crippen LogP contribution >= 0.6 is 22.6 Å². The van der Waals surface area contributed by atoms with E-state index >= 15 is 0 Å². The smallest absolute Gasteiger partial charge is 0.338 e. The molecule has 0 aliphatic heterocycles. The average Bonchev–Trinajstić information content (AvgIpc) is 2.85. The molecule has 0 radical (unpaired) electrons. The van der Waals surface area contributed by atoms with E-state index in [9.17, 15) is 17.6 Å². The van der Waals surface area contributed by atoms with Crippen LogP contribution in [-0.2, 0) is 21.3 Å². The summed E-state index contributed by atoms with van der Waals surface area (Å²) in [4.78, 5) is 20.7. The maximum absolute atomic E-state index is 13.9. The van der Waals surface area contributed by atoms with Crippen molar-refractivity contribution in [2.75, 3.05) is 10.9 Å². The second-order valence-electron chi connectivity index (χ2n) is 7.63. The average molecular weight is 605 g/mol. The first-order valence-corrected chi connectivity index (χ1v) is 13.2. The highest BCUT2D eigenvalue weighted by Gasteiger charge is 2.29. The minimum Gasteiger partial charge on any atom is -0.462 e. The molecular formula is C25H21FIN3O4S. The molecule has 180 valence electrons. The van der Waals surface area contributed by atoms with Crippen LogP contribution < -0.4 is 4.31 Å². The van der Waals surface area contributed by atoms with Gasteiger partial charge in [0.05, 0.1) is 29.3 Å². The molecule has 2 heterocycles. The predicted octanol–water partition coefficient (Wildman–Crippen LogP) is 5.25. The summed E-state index contributed by atoms with van der Waals surface area (Å²) in [6, 6.07) is 15.8. The van der Waals surface area contributed by atoms with E-state index in [-0.39, 0.29) is 33.1 Å². The van der Waals surface area contributed by atoms with Crippen molar-refractivity contribution >= 4 is 55.2 Å². The third-order valence-corrected chi connectivity index (χ3v) is 7.89. The number of rotatable bonds is 7. The number of halogens is 2. The summed E-state index contributed by atoms with van der Waals surface area (Å²) in [6.07, 6.45) is 1.62. The number of anilines is 1. The third kappa shape index (κ3) is 5.13. The van der Waals surface area contributed by atoms with E-state index in [0.29, 0.717) is 11.3 Å². The number of sulfonamides is 1. The first-order chi connectivity index (χ1) is 16.7. The lowest BCUT2D eigenvalue weighted by Crippen LogP contribution is -2.32. The van der Waals surface area contributed by atoms with E-state index in [1.165, 1.54) is 36.4 Å². The summed E-state index contributed by atoms with van der Waals surface area (Å²) in [5, 5.41) is 1.73. The zero-order valence-electron chi connectivity index (χ0n) is 18.9. The molecule has 0 aliphatic rings. The van der Waals surface area contributed by atoms with Crippen molar-refractivity contribution in [3.05, 3.63) is 93.2 Å². The van der Waals surface area contributed by atoms with Crippen molar-refractivity contribution in [1.82, 2.24) is 9.97 Å².